The number of pyridine rings is 1. The van der Waals surface area contributed by atoms with Gasteiger partial charge in [0.05, 0.1) is 26.5 Å². The number of anilines is 4. The predicted octanol–water partition coefficient (Wildman–Crippen LogP) is 3.18. The van der Waals surface area contributed by atoms with E-state index in [2.05, 4.69) is 25.6 Å². The van der Waals surface area contributed by atoms with E-state index in [1.54, 1.807) is 68.0 Å². The molecule has 1 aromatic carbocycles. The fourth-order valence-corrected chi connectivity index (χ4v) is 2.82. The number of benzene rings is 1. The normalized spacial score (nSPS) is 12.8. The van der Waals surface area contributed by atoms with Crippen LogP contribution in [0, 0.1) is 0 Å². The van der Waals surface area contributed by atoms with Crippen molar-refractivity contribution in [3.05, 3.63) is 54.5 Å². The van der Waals surface area contributed by atoms with Gasteiger partial charge in [0, 0.05) is 48.0 Å². The lowest BCUT2D eigenvalue weighted by Gasteiger charge is -2.29. The molecule has 0 aliphatic carbocycles. The van der Waals surface area contributed by atoms with Gasteiger partial charge in [0.2, 0.25) is 5.95 Å². The first-order valence-electron chi connectivity index (χ1n) is 8.51. The highest BCUT2D eigenvalue weighted by atomic mass is 16.5. The maximum atomic E-state index is 12.7. The van der Waals surface area contributed by atoms with E-state index in [9.17, 15) is 4.79 Å². The fraction of sp³-hybridized carbons (Fsp3) is 0.158. The molecule has 3 aromatic rings. The molecule has 2 aromatic heterocycles. The monoisotopic (exact) mass is 378 g/mol. The van der Waals surface area contributed by atoms with E-state index in [4.69, 9.17) is 9.47 Å². The lowest BCUT2D eigenvalue weighted by atomic mass is 10.2. The maximum absolute atomic E-state index is 12.7. The number of fused-ring (bicyclic) bond motifs is 1. The predicted molar refractivity (Wildman–Crippen MR) is 104 cm³/mol. The third kappa shape index (κ3) is 3.50. The zero-order valence-electron chi connectivity index (χ0n) is 15.3. The quantitative estimate of drug-likeness (QED) is 0.703. The van der Waals surface area contributed by atoms with Gasteiger partial charge in [-0.1, -0.05) is 0 Å². The summed E-state index contributed by atoms with van der Waals surface area (Å²) in [5.74, 6) is 2.06. The molecule has 3 heterocycles. The van der Waals surface area contributed by atoms with Crippen molar-refractivity contribution in [1.29, 1.82) is 0 Å². The van der Waals surface area contributed by atoms with Gasteiger partial charge in [-0.15, -0.1) is 0 Å². The number of carbonyl (C=O) groups excluding carboxylic acids is 1. The molecule has 0 spiro atoms. The molecule has 9 nitrogen and oxygen atoms in total. The van der Waals surface area contributed by atoms with Crippen LogP contribution in [-0.4, -0.2) is 35.2 Å². The SMILES string of the molecule is COc1cc(OC)cc(N2Cc3cnc(Nc4ccncc4)nc3NC2=O)c1. The van der Waals surface area contributed by atoms with Crippen LogP contribution in [0.25, 0.3) is 0 Å². The summed E-state index contributed by atoms with van der Waals surface area (Å²) >= 11 is 0. The summed E-state index contributed by atoms with van der Waals surface area (Å²) in [6.45, 7) is 0.326. The number of nitrogens with one attached hydrogen (secondary N) is 2. The lowest BCUT2D eigenvalue weighted by molar-refractivity contribution is 0.256. The van der Waals surface area contributed by atoms with Crippen LogP contribution in [0.3, 0.4) is 0 Å². The fourth-order valence-electron chi connectivity index (χ4n) is 2.82. The van der Waals surface area contributed by atoms with Crippen molar-refractivity contribution in [1.82, 2.24) is 15.0 Å². The van der Waals surface area contributed by atoms with E-state index in [1.165, 1.54) is 0 Å². The standard InChI is InChI=1S/C19H18N6O3/c1-27-15-7-14(8-16(9-15)28-2)25-11-12-10-21-18(23-17(12)24-19(25)26)22-13-3-5-20-6-4-13/h3-10H,11H2,1-2H3,(H2,20,21,22,23,24,26). The molecule has 1 aliphatic rings. The number of urea groups is 1. The number of methoxy groups -OCH3 is 2. The molecule has 4 rings (SSSR count). The van der Waals surface area contributed by atoms with Gasteiger partial charge in [-0.25, -0.2) is 9.78 Å². The van der Waals surface area contributed by atoms with Gasteiger partial charge >= 0.3 is 6.03 Å². The molecule has 0 fully saturated rings. The van der Waals surface area contributed by atoms with Crippen molar-refractivity contribution in [2.75, 3.05) is 29.8 Å². The van der Waals surface area contributed by atoms with Crippen LogP contribution in [0.2, 0.25) is 0 Å². The van der Waals surface area contributed by atoms with Crippen LogP contribution in [0.5, 0.6) is 11.5 Å². The van der Waals surface area contributed by atoms with Crippen molar-refractivity contribution in [2.45, 2.75) is 6.54 Å². The number of aromatic nitrogens is 3. The van der Waals surface area contributed by atoms with Gasteiger partial charge < -0.3 is 14.8 Å². The molecule has 0 saturated heterocycles. The summed E-state index contributed by atoms with van der Waals surface area (Å²) in [6.07, 6.45) is 5.03. The minimum atomic E-state index is -0.295. The number of hydrogen-bond donors (Lipinski definition) is 2. The number of rotatable bonds is 5. The van der Waals surface area contributed by atoms with Gasteiger partial charge in [-0.2, -0.15) is 4.98 Å². The van der Waals surface area contributed by atoms with Gasteiger partial charge in [0.25, 0.3) is 0 Å². The molecule has 0 unspecified atom stereocenters. The average molecular weight is 378 g/mol. The van der Waals surface area contributed by atoms with Crippen LogP contribution in [-0.2, 0) is 6.54 Å². The minimum absolute atomic E-state index is 0.295. The Kier molecular flexibility index (Phi) is 4.63. The summed E-state index contributed by atoms with van der Waals surface area (Å²) in [4.78, 5) is 27.0. The first kappa shape index (κ1) is 17.5. The van der Waals surface area contributed by atoms with E-state index >= 15 is 0 Å². The molecular formula is C19H18N6O3. The second-order valence-electron chi connectivity index (χ2n) is 6.02. The molecule has 0 radical (unpaired) electrons. The topological polar surface area (TPSA) is 102 Å². The molecule has 0 saturated carbocycles. The molecule has 9 heteroatoms. The van der Waals surface area contributed by atoms with E-state index in [0.29, 0.717) is 35.5 Å². The zero-order chi connectivity index (χ0) is 19.5. The number of nitrogens with zero attached hydrogens (tertiary/aromatic N) is 4. The van der Waals surface area contributed by atoms with Crippen molar-refractivity contribution in [2.24, 2.45) is 0 Å². The summed E-state index contributed by atoms with van der Waals surface area (Å²) in [5.41, 5.74) is 2.25. The Bertz CT molecular complexity index is 990. The second-order valence-corrected chi connectivity index (χ2v) is 6.02. The van der Waals surface area contributed by atoms with E-state index in [1.807, 2.05) is 0 Å². The molecule has 2 amide bonds. The number of carbonyl (C=O) groups is 1. The van der Waals surface area contributed by atoms with Crippen molar-refractivity contribution < 1.29 is 14.3 Å². The third-order valence-corrected chi connectivity index (χ3v) is 4.25. The molecule has 1 aliphatic heterocycles. The minimum Gasteiger partial charge on any atom is -0.497 e. The van der Waals surface area contributed by atoms with Crippen LogP contribution >= 0.6 is 0 Å². The molecule has 142 valence electrons. The third-order valence-electron chi connectivity index (χ3n) is 4.25. The Morgan fingerprint density at radius 1 is 1.11 bits per heavy atom. The highest BCUT2D eigenvalue weighted by Gasteiger charge is 2.26. The van der Waals surface area contributed by atoms with Crippen LogP contribution in [0.1, 0.15) is 5.56 Å². The second kappa shape index (κ2) is 7.39. The van der Waals surface area contributed by atoms with Gasteiger partial charge in [0.15, 0.2) is 0 Å². The summed E-state index contributed by atoms with van der Waals surface area (Å²) in [5, 5.41) is 5.89. The van der Waals surface area contributed by atoms with Crippen molar-refractivity contribution in [3.63, 3.8) is 0 Å². The Morgan fingerprint density at radius 3 is 2.50 bits per heavy atom. The van der Waals surface area contributed by atoms with E-state index in [-0.39, 0.29) is 6.03 Å². The maximum Gasteiger partial charge on any atom is 0.327 e. The van der Waals surface area contributed by atoms with E-state index < -0.39 is 0 Å². The Morgan fingerprint density at radius 2 is 1.82 bits per heavy atom. The molecule has 0 atom stereocenters. The summed E-state index contributed by atoms with van der Waals surface area (Å²) < 4.78 is 10.6. The van der Waals surface area contributed by atoms with Crippen LogP contribution < -0.4 is 25.0 Å². The zero-order valence-corrected chi connectivity index (χ0v) is 15.3. The molecule has 28 heavy (non-hydrogen) atoms. The Hall–Kier alpha value is -3.88. The van der Waals surface area contributed by atoms with Crippen LogP contribution in [0.4, 0.5) is 27.9 Å². The van der Waals surface area contributed by atoms with Gasteiger partial charge in [0.1, 0.15) is 17.3 Å². The molecule has 2 N–H and O–H groups in total. The largest absolute Gasteiger partial charge is 0.497 e. The molecule has 0 bridgehead atoms. The van der Waals surface area contributed by atoms with Gasteiger partial charge in [-0.3, -0.25) is 15.2 Å². The lowest BCUT2D eigenvalue weighted by Crippen LogP contribution is -2.39. The number of hydrogen-bond acceptors (Lipinski definition) is 7. The smallest absolute Gasteiger partial charge is 0.327 e. The van der Waals surface area contributed by atoms with Crippen LogP contribution in [0.15, 0.2) is 48.9 Å². The summed E-state index contributed by atoms with van der Waals surface area (Å²) in [7, 11) is 3.13. The van der Waals surface area contributed by atoms with Gasteiger partial charge in [-0.05, 0) is 12.1 Å². The highest BCUT2D eigenvalue weighted by Crippen LogP contribution is 2.32. The first-order valence-corrected chi connectivity index (χ1v) is 8.51. The first-order chi connectivity index (χ1) is 13.7. The van der Waals surface area contributed by atoms with Crippen molar-refractivity contribution >= 4 is 29.2 Å². The highest BCUT2D eigenvalue weighted by molar-refractivity contribution is 6.03. The summed E-state index contributed by atoms with van der Waals surface area (Å²) in [6, 6.07) is 8.61. The molecular weight excluding hydrogens is 360 g/mol. The number of amides is 2. The Labute approximate surface area is 161 Å². The average Bonchev–Trinajstić information content (AvgIpc) is 2.73. The Balaban J connectivity index is 1.60. The van der Waals surface area contributed by atoms with Crippen molar-refractivity contribution in [3.8, 4) is 11.5 Å². The number of ether oxygens (including phenoxy) is 2. The van der Waals surface area contributed by atoms with E-state index in [0.717, 1.165) is 11.3 Å².